The Labute approximate surface area is 170 Å². The van der Waals surface area contributed by atoms with Crippen LogP contribution in [0.1, 0.15) is 11.3 Å². The number of hydrogen-bond acceptors (Lipinski definition) is 5. The number of guanidine groups is 1. The minimum absolute atomic E-state index is 0. The first kappa shape index (κ1) is 21.7. The second-order valence-electron chi connectivity index (χ2n) is 5.41. The molecule has 2 aromatic rings. The molecule has 2 rings (SSSR count). The maximum Gasteiger partial charge on any atom is 0.191 e. The molecule has 0 saturated heterocycles. The third kappa shape index (κ3) is 8.02. The first-order chi connectivity index (χ1) is 11.7. The van der Waals surface area contributed by atoms with Gasteiger partial charge in [-0.25, -0.2) is 4.98 Å². The summed E-state index contributed by atoms with van der Waals surface area (Å²) < 4.78 is 5.65. The van der Waals surface area contributed by atoms with Gasteiger partial charge in [-0.1, -0.05) is 30.3 Å². The number of halogens is 1. The van der Waals surface area contributed by atoms with Crippen LogP contribution in [-0.2, 0) is 17.9 Å². The molecule has 0 unspecified atom stereocenters. The van der Waals surface area contributed by atoms with Crippen LogP contribution in [0, 0.1) is 0 Å². The fourth-order valence-electron chi connectivity index (χ4n) is 1.98. The van der Waals surface area contributed by atoms with Gasteiger partial charge in [0.2, 0.25) is 0 Å². The minimum Gasteiger partial charge on any atom is -0.375 e. The van der Waals surface area contributed by atoms with Crippen molar-refractivity contribution in [3.8, 4) is 0 Å². The maximum absolute atomic E-state index is 5.65. The van der Waals surface area contributed by atoms with E-state index in [0.717, 1.165) is 16.8 Å². The number of anilines is 1. The number of thiazole rings is 1. The van der Waals surface area contributed by atoms with Crippen LogP contribution in [0.25, 0.3) is 0 Å². The van der Waals surface area contributed by atoms with Crippen molar-refractivity contribution in [1.82, 2.24) is 15.6 Å². The molecule has 25 heavy (non-hydrogen) atoms. The van der Waals surface area contributed by atoms with Crippen LogP contribution in [0.4, 0.5) is 5.13 Å². The lowest BCUT2D eigenvalue weighted by Gasteiger charge is -2.11. The molecule has 0 amide bonds. The highest BCUT2D eigenvalue weighted by atomic mass is 127. The van der Waals surface area contributed by atoms with Crippen molar-refractivity contribution in [3.05, 3.63) is 47.0 Å². The van der Waals surface area contributed by atoms with Gasteiger partial charge in [-0.3, -0.25) is 4.99 Å². The van der Waals surface area contributed by atoms with Gasteiger partial charge in [0.15, 0.2) is 11.1 Å². The van der Waals surface area contributed by atoms with Gasteiger partial charge in [-0.05, 0) is 5.56 Å². The quantitative estimate of drug-likeness (QED) is 0.266. The molecule has 0 atom stereocenters. The zero-order valence-corrected chi connectivity index (χ0v) is 18.0. The van der Waals surface area contributed by atoms with Crippen LogP contribution in [0.3, 0.4) is 0 Å². The van der Waals surface area contributed by atoms with Gasteiger partial charge in [-0.2, -0.15) is 0 Å². The van der Waals surface area contributed by atoms with E-state index in [0.29, 0.717) is 26.3 Å². The lowest BCUT2D eigenvalue weighted by atomic mass is 10.2. The summed E-state index contributed by atoms with van der Waals surface area (Å²) in [5.74, 6) is 0.748. The minimum atomic E-state index is 0. The van der Waals surface area contributed by atoms with E-state index < -0.39 is 0 Å². The average molecular weight is 475 g/mol. The van der Waals surface area contributed by atoms with Crippen molar-refractivity contribution in [2.75, 3.05) is 39.2 Å². The summed E-state index contributed by atoms with van der Waals surface area (Å²) in [6, 6.07) is 10.2. The van der Waals surface area contributed by atoms with Crippen molar-refractivity contribution >= 4 is 46.4 Å². The number of aliphatic imine (C=N–C) groups is 1. The maximum atomic E-state index is 5.65. The molecule has 0 radical (unpaired) electrons. The Balaban J connectivity index is 0.00000312. The molecule has 0 aliphatic rings. The monoisotopic (exact) mass is 475 g/mol. The van der Waals surface area contributed by atoms with Gasteiger partial charge in [0.05, 0.1) is 25.5 Å². The second kappa shape index (κ2) is 12.0. The van der Waals surface area contributed by atoms with Crippen LogP contribution in [0.15, 0.2) is 40.7 Å². The highest BCUT2D eigenvalue weighted by Gasteiger charge is 2.04. The van der Waals surface area contributed by atoms with Gasteiger partial charge in [-0.15, -0.1) is 35.3 Å². The van der Waals surface area contributed by atoms with E-state index in [4.69, 9.17) is 4.74 Å². The fraction of sp³-hybridized carbons (Fsp3) is 0.412. The number of nitrogens with one attached hydrogen (secondary N) is 2. The fourth-order valence-corrected chi connectivity index (χ4v) is 2.74. The molecule has 0 bridgehead atoms. The summed E-state index contributed by atoms with van der Waals surface area (Å²) in [4.78, 5) is 10.7. The number of aromatic nitrogens is 1. The van der Waals surface area contributed by atoms with E-state index in [1.54, 1.807) is 18.4 Å². The van der Waals surface area contributed by atoms with E-state index in [9.17, 15) is 0 Å². The molecular formula is C17H26IN5OS. The van der Waals surface area contributed by atoms with Gasteiger partial charge < -0.3 is 20.3 Å². The van der Waals surface area contributed by atoms with Crippen molar-refractivity contribution in [2.45, 2.75) is 13.2 Å². The number of rotatable bonds is 8. The van der Waals surface area contributed by atoms with Crippen molar-refractivity contribution < 1.29 is 4.74 Å². The third-order valence-corrected chi connectivity index (χ3v) is 4.29. The molecular weight excluding hydrogens is 449 g/mol. The SMILES string of the molecule is CN=C(NCCOCc1ccccc1)NCc1csc(N(C)C)n1.I. The van der Waals surface area contributed by atoms with E-state index in [-0.39, 0.29) is 24.0 Å². The number of benzene rings is 1. The number of ether oxygens (including phenoxy) is 1. The first-order valence-corrected chi connectivity index (χ1v) is 8.75. The Morgan fingerprint density at radius 1 is 1.24 bits per heavy atom. The Morgan fingerprint density at radius 3 is 2.64 bits per heavy atom. The molecule has 8 heteroatoms. The summed E-state index contributed by atoms with van der Waals surface area (Å²) in [5, 5.41) is 9.55. The van der Waals surface area contributed by atoms with Gasteiger partial charge in [0.25, 0.3) is 0 Å². The Bertz CT molecular complexity index is 633. The summed E-state index contributed by atoms with van der Waals surface area (Å²) in [5.41, 5.74) is 2.19. The van der Waals surface area contributed by atoms with E-state index >= 15 is 0 Å². The van der Waals surface area contributed by atoms with Crippen LogP contribution in [-0.4, -0.2) is 45.2 Å². The van der Waals surface area contributed by atoms with E-state index in [2.05, 4.69) is 38.1 Å². The molecule has 1 heterocycles. The smallest absolute Gasteiger partial charge is 0.191 e. The second-order valence-corrected chi connectivity index (χ2v) is 6.24. The molecule has 0 aliphatic carbocycles. The predicted octanol–water partition coefficient (Wildman–Crippen LogP) is 2.71. The average Bonchev–Trinajstić information content (AvgIpc) is 3.07. The third-order valence-electron chi connectivity index (χ3n) is 3.23. The van der Waals surface area contributed by atoms with Gasteiger partial charge in [0, 0.05) is 33.1 Å². The first-order valence-electron chi connectivity index (χ1n) is 7.87. The van der Waals surface area contributed by atoms with Crippen molar-refractivity contribution in [2.24, 2.45) is 4.99 Å². The van der Waals surface area contributed by atoms with Crippen LogP contribution in [0.2, 0.25) is 0 Å². The van der Waals surface area contributed by atoms with E-state index in [1.807, 2.05) is 37.2 Å². The van der Waals surface area contributed by atoms with Crippen molar-refractivity contribution in [3.63, 3.8) is 0 Å². The molecule has 138 valence electrons. The highest BCUT2D eigenvalue weighted by molar-refractivity contribution is 14.0. The number of hydrogen-bond donors (Lipinski definition) is 2. The predicted molar refractivity (Wildman–Crippen MR) is 116 cm³/mol. The zero-order valence-electron chi connectivity index (χ0n) is 14.9. The van der Waals surface area contributed by atoms with Crippen molar-refractivity contribution in [1.29, 1.82) is 0 Å². The van der Waals surface area contributed by atoms with E-state index in [1.165, 1.54) is 5.56 Å². The lowest BCUT2D eigenvalue weighted by Crippen LogP contribution is -2.38. The molecule has 0 fully saturated rings. The Morgan fingerprint density at radius 2 is 2.00 bits per heavy atom. The Kier molecular flexibility index (Phi) is 10.4. The number of nitrogens with zero attached hydrogens (tertiary/aromatic N) is 3. The molecule has 0 aliphatic heterocycles. The van der Waals surface area contributed by atoms with Crippen LogP contribution < -0.4 is 15.5 Å². The molecule has 6 nitrogen and oxygen atoms in total. The molecule has 2 N–H and O–H groups in total. The van der Waals surface area contributed by atoms with Crippen LogP contribution >= 0.6 is 35.3 Å². The van der Waals surface area contributed by atoms with Gasteiger partial charge >= 0.3 is 0 Å². The largest absolute Gasteiger partial charge is 0.375 e. The molecule has 1 aromatic heterocycles. The van der Waals surface area contributed by atoms with Gasteiger partial charge in [0.1, 0.15) is 0 Å². The standard InChI is InChI=1S/C17H25N5OS.HI/c1-18-16(20-11-15-13-24-17(21-15)22(2)3)19-9-10-23-12-14-7-5-4-6-8-14;/h4-8,13H,9-12H2,1-3H3,(H2,18,19,20);1H. The lowest BCUT2D eigenvalue weighted by molar-refractivity contribution is 0.125. The summed E-state index contributed by atoms with van der Waals surface area (Å²) in [6.07, 6.45) is 0. The zero-order chi connectivity index (χ0) is 17.2. The Hall–Kier alpha value is -1.39. The normalized spacial score (nSPS) is 10.9. The summed E-state index contributed by atoms with van der Waals surface area (Å²) in [7, 11) is 5.74. The topological polar surface area (TPSA) is 61.8 Å². The highest BCUT2D eigenvalue weighted by Crippen LogP contribution is 2.17. The molecule has 0 saturated carbocycles. The summed E-state index contributed by atoms with van der Waals surface area (Å²) >= 11 is 1.63. The van der Waals surface area contributed by atoms with Crippen LogP contribution in [0.5, 0.6) is 0 Å². The molecule has 0 spiro atoms. The molecule has 1 aromatic carbocycles. The summed E-state index contributed by atoms with van der Waals surface area (Å²) in [6.45, 7) is 2.60.